The fourth-order valence-corrected chi connectivity index (χ4v) is 6.75. The van der Waals surface area contributed by atoms with Crippen LogP contribution >= 0.6 is 0 Å². The second kappa shape index (κ2) is 12.6. The zero-order valence-corrected chi connectivity index (χ0v) is 22.7. The molecule has 0 radical (unpaired) electrons. The molecule has 2 aliphatic heterocycles. The van der Waals surface area contributed by atoms with Crippen LogP contribution in [0.2, 0.25) is 0 Å². The standard InChI is InChI=1S/C31H34O7S/c1-22(2)21-39(32,33)31-29(35-19-24-14-8-4-9-15-24)28(34-18-23-12-6-3-7-13-23)27-26(37-31)20-36-30(38-27)25-16-10-5-11-17-25/h3-17,26-31H,1,18-21H2,2H3/t26-,27-,28+,29-,30?,31?/m1/s1. The monoisotopic (exact) mass is 550 g/mol. The Labute approximate surface area is 230 Å². The summed E-state index contributed by atoms with van der Waals surface area (Å²) in [6.45, 7) is 6.10. The quantitative estimate of drug-likeness (QED) is 0.329. The van der Waals surface area contributed by atoms with E-state index in [-0.39, 0.29) is 25.6 Å². The molecule has 2 aliphatic rings. The van der Waals surface area contributed by atoms with E-state index in [4.69, 9.17) is 23.7 Å². The van der Waals surface area contributed by atoms with Crippen molar-refractivity contribution in [2.75, 3.05) is 12.4 Å². The third-order valence-electron chi connectivity index (χ3n) is 6.73. The first-order valence-electron chi connectivity index (χ1n) is 13.1. The first-order chi connectivity index (χ1) is 18.9. The molecule has 7 nitrogen and oxygen atoms in total. The van der Waals surface area contributed by atoms with Crippen molar-refractivity contribution in [2.45, 2.75) is 56.3 Å². The van der Waals surface area contributed by atoms with Crippen molar-refractivity contribution in [1.29, 1.82) is 0 Å². The van der Waals surface area contributed by atoms with Crippen LogP contribution in [0.3, 0.4) is 0 Å². The van der Waals surface area contributed by atoms with E-state index in [1.165, 1.54) is 0 Å². The molecule has 8 heteroatoms. The number of sulfone groups is 1. The van der Waals surface area contributed by atoms with E-state index in [9.17, 15) is 8.42 Å². The molecule has 2 heterocycles. The highest BCUT2D eigenvalue weighted by atomic mass is 32.2. The van der Waals surface area contributed by atoms with Gasteiger partial charge in [0.2, 0.25) is 0 Å². The smallest absolute Gasteiger partial charge is 0.188 e. The average Bonchev–Trinajstić information content (AvgIpc) is 2.95. The summed E-state index contributed by atoms with van der Waals surface area (Å²) in [4.78, 5) is 0. The highest BCUT2D eigenvalue weighted by Crippen LogP contribution is 2.38. The largest absolute Gasteiger partial charge is 0.368 e. The first-order valence-corrected chi connectivity index (χ1v) is 14.8. The molecule has 2 unspecified atom stereocenters. The van der Waals surface area contributed by atoms with E-state index in [1.807, 2.05) is 91.0 Å². The summed E-state index contributed by atoms with van der Waals surface area (Å²) >= 11 is 0. The Bertz CT molecular complexity index is 1310. The van der Waals surface area contributed by atoms with Crippen molar-refractivity contribution < 1.29 is 32.1 Å². The zero-order valence-electron chi connectivity index (χ0n) is 21.9. The van der Waals surface area contributed by atoms with E-state index in [0.717, 1.165) is 16.7 Å². The fourth-order valence-electron chi connectivity index (χ4n) is 4.94. The molecular formula is C31H34O7S. The molecule has 5 rings (SSSR count). The van der Waals surface area contributed by atoms with Crippen molar-refractivity contribution in [3.63, 3.8) is 0 Å². The topological polar surface area (TPSA) is 80.3 Å². The minimum Gasteiger partial charge on any atom is -0.368 e. The maximum atomic E-state index is 13.6. The molecule has 39 heavy (non-hydrogen) atoms. The molecule has 2 saturated heterocycles. The molecule has 6 atom stereocenters. The summed E-state index contributed by atoms with van der Waals surface area (Å²) < 4.78 is 58.7. The molecule has 0 saturated carbocycles. The SMILES string of the molecule is C=C(C)CS(=O)(=O)C1O[C@@H]2COC(c3ccccc3)O[C@H]2[C@H](OCc2ccccc2)[C@H]1OCc1ccccc1. The number of hydrogen-bond donors (Lipinski definition) is 0. The first kappa shape index (κ1) is 27.7. The molecule has 0 amide bonds. The van der Waals surface area contributed by atoms with Crippen LogP contribution in [0.5, 0.6) is 0 Å². The number of ether oxygens (including phenoxy) is 5. The van der Waals surface area contributed by atoms with Crippen molar-refractivity contribution in [3.8, 4) is 0 Å². The second-order valence-electron chi connectivity index (χ2n) is 10.0. The number of benzene rings is 3. The van der Waals surface area contributed by atoms with Gasteiger partial charge in [-0.3, -0.25) is 0 Å². The van der Waals surface area contributed by atoms with Gasteiger partial charge in [0.25, 0.3) is 0 Å². The van der Waals surface area contributed by atoms with Crippen LogP contribution in [0.25, 0.3) is 0 Å². The second-order valence-corrected chi connectivity index (χ2v) is 12.1. The minimum atomic E-state index is -3.81. The van der Waals surface area contributed by atoms with Gasteiger partial charge in [0.1, 0.15) is 24.4 Å². The summed E-state index contributed by atoms with van der Waals surface area (Å²) in [5.41, 5.74) is 1.96. The van der Waals surface area contributed by atoms with Crippen LogP contribution in [0.1, 0.15) is 29.9 Å². The Hall–Kier alpha value is -2.85. The van der Waals surface area contributed by atoms with Crippen LogP contribution in [-0.4, -0.2) is 50.6 Å². The Balaban J connectivity index is 1.48. The Morgan fingerprint density at radius 3 is 1.92 bits per heavy atom. The maximum absolute atomic E-state index is 13.6. The van der Waals surface area contributed by atoms with Crippen molar-refractivity contribution in [1.82, 2.24) is 0 Å². The fraction of sp³-hybridized carbons (Fsp3) is 0.355. The van der Waals surface area contributed by atoms with Gasteiger partial charge in [-0.15, -0.1) is 0 Å². The summed E-state index contributed by atoms with van der Waals surface area (Å²) in [6, 6.07) is 29.0. The normalized spacial score (nSPS) is 27.0. The minimum absolute atomic E-state index is 0.153. The lowest BCUT2D eigenvalue weighted by atomic mass is 9.98. The van der Waals surface area contributed by atoms with E-state index in [1.54, 1.807) is 6.92 Å². The van der Waals surface area contributed by atoms with Gasteiger partial charge in [-0.2, -0.15) is 0 Å². The van der Waals surface area contributed by atoms with E-state index < -0.39 is 46.0 Å². The third-order valence-corrected chi connectivity index (χ3v) is 8.71. The summed E-state index contributed by atoms with van der Waals surface area (Å²) in [6.07, 6.45) is -3.61. The molecule has 0 bridgehead atoms. The Morgan fingerprint density at radius 2 is 1.36 bits per heavy atom. The lowest BCUT2D eigenvalue weighted by Crippen LogP contribution is -2.64. The molecule has 0 spiro atoms. The molecule has 0 aliphatic carbocycles. The van der Waals surface area contributed by atoms with Crippen LogP contribution in [-0.2, 0) is 46.7 Å². The highest BCUT2D eigenvalue weighted by Gasteiger charge is 2.55. The molecular weight excluding hydrogens is 516 g/mol. The van der Waals surface area contributed by atoms with Gasteiger partial charge in [-0.25, -0.2) is 8.42 Å². The Kier molecular flexibility index (Phi) is 8.92. The van der Waals surface area contributed by atoms with Gasteiger partial charge < -0.3 is 23.7 Å². The van der Waals surface area contributed by atoms with Gasteiger partial charge in [0.05, 0.1) is 25.6 Å². The summed E-state index contributed by atoms with van der Waals surface area (Å²) in [5.74, 6) is -0.222. The predicted molar refractivity (Wildman–Crippen MR) is 147 cm³/mol. The number of hydrogen-bond acceptors (Lipinski definition) is 7. The highest BCUT2D eigenvalue weighted by molar-refractivity contribution is 7.92. The molecule has 3 aromatic carbocycles. The summed E-state index contributed by atoms with van der Waals surface area (Å²) in [7, 11) is -3.81. The van der Waals surface area contributed by atoms with Crippen molar-refractivity contribution in [2.24, 2.45) is 0 Å². The average molecular weight is 551 g/mol. The van der Waals surface area contributed by atoms with Gasteiger partial charge in [-0.05, 0) is 18.1 Å². The van der Waals surface area contributed by atoms with Crippen LogP contribution in [0.4, 0.5) is 0 Å². The lowest BCUT2D eigenvalue weighted by Gasteiger charge is -2.49. The molecule has 0 aromatic heterocycles. The maximum Gasteiger partial charge on any atom is 0.188 e. The van der Waals surface area contributed by atoms with E-state index in [0.29, 0.717) is 5.57 Å². The lowest BCUT2D eigenvalue weighted by molar-refractivity contribution is -0.330. The number of fused-ring (bicyclic) bond motifs is 1. The van der Waals surface area contributed by atoms with Gasteiger partial charge >= 0.3 is 0 Å². The van der Waals surface area contributed by atoms with Gasteiger partial charge in [-0.1, -0.05) is 103 Å². The third kappa shape index (κ3) is 6.84. The predicted octanol–water partition coefficient (Wildman–Crippen LogP) is 4.99. The van der Waals surface area contributed by atoms with Gasteiger partial charge in [0, 0.05) is 5.56 Å². The molecule has 206 valence electrons. The van der Waals surface area contributed by atoms with E-state index >= 15 is 0 Å². The summed E-state index contributed by atoms with van der Waals surface area (Å²) in [5, 5.41) is 0. The van der Waals surface area contributed by atoms with Crippen molar-refractivity contribution in [3.05, 3.63) is 120 Å². The molecule has 0 N–H and O–H groups in total. The van der Waals surface area contributed by atoms with Crippen LogP contribution in [0, 0.1) is 0 Å². The zero-order chi connectivity index (χ0) is 27.2. The van der Waals surface area contributed by atoms with Crippen LogP contribution < -0.4 is 0 Å². The van der Waals surface area contributed by atoms with Crippen LogP contribution in [0.15, 0.2) is 103 Å². The molecule has 3 aromatic rings. The number of rotatable bonds is 10. The van der Waals surface area contributed by atoms with Crippen molar-refractivity contribution >= 4 is 9.84 Å². The van der Waals surface area contributed by atoms with Gasteiger partial charge in [0.15, 0.2) is 21.6 Å². The van der Waals surface area contributed by atoms with E-state index in [2.05, 4.69) is 6.58 Å². The Morgan fingerprint density at radius 1 is 0.821 bits per heavy atom. The molecule has 2 fully saturated rings.